The van der Waals surface area contributed by atoms with Crippen molar-refractivity contribution in [2.24, 2.45) is 7.05 Å². The monoisotopic (exact) mass is 226 g/mol. The van der Waals surface area contributed by atoms with E-state index in [1.54, 1.807) is 7.11 Å². The van der Waals surface area contributed by atoms with Crippen molar-refractivity contribution in [3.8, 4) is 0 Å². The molecule has 0 saturated carbocycles. The molecule has 1 heterocycles. The van der Waals surface area contributed by atoms with Gasteiger partial charge in [-0.15, -0.1) is 0 Å². The van der Waals surface area contributed by atoms with Crippen LogP contribution < -0.4 is 0 Å². The van der Waals surface area contributed by atoms with E-state index >= 15 is 0 Å². The van der Waals surface area contributed by atoms with E-state index in [0.29, 0.717) is 13.0 Å². The fourth-order valence-electron chi connectivity index (χ4n) is 1.74. The normalized spacial score (nSPS) is 13.0. The van der Waals surface area contributed by atoms with Crippen LogP contribution in [0.25, 0.3) is 0 Å². The summed E-state index contributed by atoms with van der Waals surface area (Å²) in [5.41, 5.74) is 2.18. The van der Waals surface area contributed by atoms with Crippen LogP contribution in [0.3, 0.4) is 0 Å². The number of aliphatic hydroxyl groups excluding tert-OH is 1. The van der Waals surface area contributed by atoms with Gasteiger partial charge in [0.1, 0.15) is 0 Å². The van der Waals surface area contributed by atoms with Gasteiger partial charge in [0.15, 0.2) is 0 Å². The summed E-state index contributed by atoms with van der Waals surface area (Å²) in [6, 6.07) is 2.07. The zero-order valence-corrected chi connectivity index (χ0v) is 10.4. The molecule has 4 heteroatoms. The van der Waals surface area contributed by atoms with Crippen LogP contribution in [0.5, 0.6) is 0 Å². The van der Waals surface area contributed by atoms with Gasteiger partial charge in [0.2, 0.25) is 0 Å². The van der Waals surface area contributed by atoms with Crippen molar-refractivity contribution in [2.75, 3.05) is 13.7 Å². The highest BCUT2D eigenvalue weighted by Gasteiger charge is 2.10. The lowest BCUT2D eigenvalue weighted by Crippen LogP contribution is -2.13. The number of rotatable bonds is 7. The van der Waals surface area contributed by atoms with Crippen LogP contribution in [-0.4, -0.2) is 34.7 Å². The minimum absolute atomic E-state index is 0.296. The van der Waals surface area contributed by atoms with Crippen molar-refractivity contribution in [3.63, 3.8) is 0 Å². The van der Waals surface area contributed by atoms with Gasteiger partial charge in [-0.2, -0.15) is 5.10 Å². The largest absolute Gasteiger partial charge is 0.393 e. The molecular weight excluding hydrogens is 204 g/mol. The lowest BCUT2D eigenvalue weighted by Gasteiger charge is -2.09. The molecule has 0 fully saturated rings. The van der Waals surface area contributed by atoms with Gasteiger partial charge in [0.05, 0.1) is 11.8 Å². The number of aromatic nitrogens is 2. The first-order valence-corrected chi connectivity index (χ1v) is 5.86. The Hall–Kier alpha value is -0.870. The molecule has 0 radical (unpaired) electrons. The van der Waals surface area contributed by atoms with Gasteiger partial charge in [-0.25, -0.2) is 0 Å². The number of ether oxygens (including phenoxy) is 1. The van der Waals surface area contributed by atoms with Crippen molar-refractivity contribution in [1.29, 1.82) is 0 Å². The summed E-state index contributed by atoms with van der Waals surface area (Å²) in [4.78, 5) is 0. The summed E-state index contributed by atoms with van der Waals surface area (Å²) in [5, 5.41) is 14.2. The lowest BCUT2D eigenvalue weighted by atomic mass is 10.1. The highest BCUT2D eigenvalue weighted by molar-refractivity contribution is 5.11. The predicted octanol–water partition coefficient (Wildman–Crippen LogP) is 1.31. The van der Waals surface area contributed by atoms with E-state index in [4.69, 9.17) is 4.74 Å². The van der Waals surface area contributed by atoms with E-state index in [1.165, 1.54) is 0 Å². The predicted molar refractivity (Wildman–Crippen MR) is 63.4 cm³/mol. The van der Waals surface area contributed by atoms with E-state index < -0.39 is 0 Å². The lowest BCUT2D eigenvalue weighted by molar-refractivity contribution is 0.134. The van der Waals surface area contributed by atoms with Gasteiger partial charge >= 0.3 is 0 Å². The third-order valence-electron chi connectivity index (χ3n) is 2.72. The second-order valence-electron chi connectivity index (χ2n) is 4.10. The summed E-state index contributed by atoms with van der Waals surface area (Å²) >= 11 is 0. The maximum Gasteiger partial charge on any atom is 0.0624 e. The van der Waals surface area contributed by atoms with Gasteiger partial charge in [0, 0.05) is 32.9 Å². The zero-order valence-electron chi connectivity index (χ0n) is 10.4. The van der Waals surface area contributed by atoms with E-state index in [0.717, 1.165) is 30.7 Å². The van der Waals surface area contributed by atoms with Crippen molar-refractivity contribution in [3.05, 3.63) is 17.5 Å². The Morgan fingerprint density at radius 3 is 2.88 bits per heavy atom. The molecule has 0 bridgehead atoms. The summed E-state index contributed by atoms with van der Waals surface area (Å²) in [6.07, 6.45) is 2.99. The van der Waals surface area contributed by atoms with Crippen molar-refractivity contribution < 1.29 is 9.84 Å². The maximum atomic E-state index is 9.84. The highest BCUT2D eigenvalue weighted by Crippen LogP contribution is 2.09. The average molecular weight is 226 g/mol. The molecule has 4 nitrogen and oxygen atoms in total. The Labute approximate surface area is 97.2 Å². The quantitative estimate of drug-likeness (QED) is 0.713. The maximum absolute atomic E-state index is 9.84. The molecule has 1 atom stereocenters. The first kappa shape index (κ1) is 13.2. The molecule has 92 valence electrons. The Morgan fingerprint density at radius 1 is 1.56 bits per heavy atom. The van der Waals surface area contributed by atoms with E-state index in [9.17, 15) is 5.11 Å². The van der Waals surface area contributed by atoms with E-state index in [2.05, 4.69) is 18.1 Å². The number of methoxy groups -OCH3 is 1. The smallest absolute Gasteiger partial charge is 0.0624 e. The number of hydrogen-bond donors (Lipinski definition) is 1. The summed E-state index contributed by atoms with van der Waals surface area (Å²) in [5.74, 6) is 0. The number of hydrogen-bond acceptors (Lipinski definition) is 3. The van der Waals surface area contributed by atoms with Crippen molar-refractivity contribution in [1.82, 2.24) is 9.78 Å². The van der Waals surface area contributed by atoms with Gasteiger partial charge < -0.3 is 9.84 Å². The Bertz CT molecular complexity index is 310. The summed E-state index contributed by atoms with van der Waals surface area (Å²) < 4.78 is 6.82. The summed E-state index contributed by atoms with van der Waals surface area (Å²) in [6.45, 7) is 2.80. The standard InChI is InChI=1S/C12H22N2O2/c1-4-10-8-11(14(2)13-10)9-12(15)6-5-7-16-3/h8,12,15H,4-7,9H2,1-3H3. The molecule has 1 rings (SSSR count). The fourth-order valence-corrected chi connectivity index (χ4v) is 1.74. The van der Waals surface area contributed by atoms with Crippen LogP contribution in [-0.2, 0) is 24.6 Å². The molecule has 1 unspecified atom stereocenters. The Balaban J connectivity index is 2.42. The number of nitrogens with zero attached hydrogens (tertiary/aromatic N) is 2. The first-order valence-electron chi connectivity index (χ1n) is 5.86. The van der Waals surface area contributed by atoms with Crippen molar-refractivity contribution in [2.45, 2.75) is 38.7 Å². The van der Waals surface area contributed by atoms with Gasteiger partial charge in [0.25, 0.3) is 0 Å². The molecule has 1 aromatic rings. The molecule has 0 aliphatic carbocycles. The van der Waals surface area contributed by atoms with Crippen LogP contribution in [0, 0.1) is 0 Å². The molecule has 0 aliphatic heterocycles. The molecular formula is C12H22N2O2. The van der Waals surface area contributed by atoms with Crippen LogP contribution in [0.4, 0.5) is 0 Å². The van der Waals surface area contributed by atoms with Crippen LogP contribution in [0.2, 0.25) is 0 Å². The minimum atomic E-state index is -0.296. The molecule has 16 heavy (non-hydrogen) atoms. The van der Waals surface area contributed by atoms with Gasteiger partial charge in [-0.3, -0.25) is 4.68 Å². The first-order chi connectivity index (χ1) is 7.67. The third kappa shape index (κ3) is 3.94. The summed E-state index contributed by atoms with van der Waals surface area (Å²) in [7, 11) is 3.61. The fraction of sp³-hybridized carbons (Fsp3) is 0.750. The molecule has 1 N–H and O–H groups in total. The molecule has 0 saturated heterocycles. The Morgan fingerprint density at radius 2 is 2.31 bits per heavy atom. The van der Waals surface area contributed by atoms with Gasteiger partial charge in [-0.1, -0.05) is 6.92 Å². The third-order valence-corrected chi connectivity index (χ3v) is 2.72. The van der Waals surface area contributed by atoms with Crippen LogP contribution in [0.15, 0.2) is 6.07 Å². The second kappa shape index (κ2) is 6.66. The average Bonchev–Trinajstić information content (AvgIpc) is 2.60. The van der Waals surface area contributed by atoms with Crippen molar-refractivity contribution >= 4 is 0 Å². The van der Waals surface area contributed by atoms with Crippen LogP contribution in [0.1, 0.15) is 31.2 Å². The number of aliphatic hydroxyl groups is 1. The number of aryl methyl sites for hydroxylation is 2. The SMILES string of the molecule is CCc1cc(CC(O)CCCOC)n(C)n1. The topological polar surface area (TPSA) is 47.3 Å². The molecule has 0 aromatic carbocycles. The van der Waals surface area contributed by atoms with E-state index in [1.807, 2.05) is 11.7 Å². The molecule has 0 spiro atoms. The molecule has 1 aromatic heterocycles. The van der Waals surface area contributed by atoms with Crippen LogP contribution >= 0.6 is 0 Å². The molecule has 0 amide bonds. The minimum Gasteiger partial charge on any atom is -0.393 e. The Kier molecular flexibility index (Phi) is 5.49. The second-order valence-corrected chi connectivity index (χ2v) is 4.10. The zero-order chi connectivity index (χ0) is 12.0. The van der Waals surface area contributed by atoms with Gasteiger partial charge in [-0.05, 0) is 25.3 Å². The highest BCUT2D eigenvalue weighted by atomic mass is 16.5. The van der Waals surface area contributed by atoms with E-state index in [-0.39, 0.29) is 6.10 Å². The molecule has 0 aliphatic rings.